The molecular weight excluding hydrogens is 468 g/mol. The second kappa shape index (κ2) is 11.6. The van der Waals surface area contributed by atoms with Crippen LogP contribution in [0.3, 0.4) is 0 Å². The van der Waals surface area contributed by atoms with Gasteiger partial charge >= 0.3 is 0 Å². The number of hydrogen-bond acceptors (Lipinski definition) is 15. The van der Waals surface area contributed by atoms with Gasteiger partial charge in [0.25, 0.3) is 0 Å². The van der Waals surface area contributed by atoms with Gasteiger partial charge in [-0.05, 0) is 6.92 Å². The third-order valence-corrected chi connectivity index (χ3v) is 6.34. The van der Waals surface area contributed by atoms with Gasteiger partial charge in [-0.3, -0.25) is 0 Å². The van der Waals surface area contributed by atoms with Crippen LogP contribution in [-0.2, 0) is 23.7 Å². The molecule has 0 spiro atoms. The van der Waals surface area contributed by atoms with Gasteiger partial charge in [-0.15, -0.1) is 0 Å². The van der Waals surface area contributed by atoms with Crippen molar-refractivity contribution >= 4 is 0 Å². The van der Waals surface area contributed by atoms with E-state index in [-0.39, 0.29) is 0 Å². The van der Waals surface area contributed by atoms with Crippen molar-refractivity contribution in [1.82, 2.24) is 0 Å². The van der Waals surface area contributed by atoms with Gasteiger partial charge < -0.3 is 74.7 Å². The average Bonchev–Trinajstić information content (AvgIpc) is 2.83. The second-order valence-electron chi connectivity index (χ2n) is 8.69. The molecular formula is C19H34O15. The van der Waals surface area contributed by atoms with Crippen molar-refractivity contribution in [2.45, 2.75) is 98.9 Å². The summed E-state index contributed by atoms with van der Waals surface area (Å²) in [6.07, 6.45) is -22.2. The molecule has 3 aliphatic heterocycles. The van der Waals surface area contributed by atoms with Crippen LogP contribution in [0.25, 0.3) is 0 Å². The Labute approximate surface area is 194 Å². The van der Waals surface area contributed by atoms with Crippen LogP contribution >= 0.6 is 0 Å². The first kappa shape index (κ1) is 28.0. The van der Waals surface area contributed by atoms with Gasteiger partial charge in [0, 0.05) is 0 Å². The molecule has 3 heterocycles. The molecule has 15 nitrogen and oxygen atoms in total. The summed E-state index contributed by atoms with van der Waals surface area (Å²) in [5.74, 6) is 0. The van der Waals surface area contributed by atoms with Crippen LogP contribution in [0.1, 0.15) is 6.92 Å². The average molecular weight is 502 g/mol. The van der Waals surface area contributed by atoms with Crippen molar-refractivity contribution < 1.29 is 74.7 Å². The van der Waals surface area contributed by atoms with Gasteiger partial charge in [0.2, 0.25) is 0 Å². The summed E-state index contributed by atoms with van der Waals surface area (Å²) in [7, 11) is 0. The first-order valence-electron chi connectivity index (χ1n) is 10.9. The maximum absolute atomic E-state index is 10.6. The zero-order chi connectivity index (χ0) is 25.3. The molecule has 15 heteroatoms. The minimum absolute atomic E-state index is 0.417. The number of aliphatic hydroxyl groups excluding tert-OH is 10. The molecule has 3 rings (SSSR count). The topological polar surface area (TPSA) is 248 Å². The van der Waals surface area contributed by atoms with Gasteiger partial charge in [0.15, 0.2) is 12.6 Å². The highest BCUT2D eigenvalue weighted by atomic mass is 16.7. The SMILES string of the molecule is C[C@@H]1OC(CO[C@@H]2OC(CO)[C@H](O[C@@H]3OC(CO)[C@H](O)[C@H](O)C3O)[C@H](O)C2O)[C@H](O)[C@H](O)C1O. The van der Waals surface area contributed by atoms with E-state index in [2.05, 4.69) is 0 Å². The van der Waals surface area contributed by atoms with E-state index in [0.29, 0.717) is 0 Å². The Bertz CT molecular complexity index is 637. The quantitative estimate of drug-likeness (QED) is 0.155. The minimum atomic E-state index is -1.79. The Hall–Kier alpha value is -0.600. The summed E-state index contributed by atoms with van der Waals surface area (Å²) < 4.78 is 26.9. The molecule has 3 aliphatic rings. The fourth-order valence-electron chi connectivity index (χ4n) is 4.16. The number of hydrogen-bond donors (Lipinski definition) is 10. The lowest BCUT2D eigenvalue weighted by Crippen LogP contribution is -2.65. The summed E-state index contributed by atoms with van der Waals surface area (Å²) >= 11 is 0. The fourth-order valence-corrected chi connectivity index (χ4v) is 4.16. The Kier molecular flexibility index (Phi) is 9.57. The smallest absolute Gasteiger partial charge is 0.187 e. The van der Waals surface area contributed by atoms with Gasteiger partial charge in [0.05, 0.1) is 25.9 Å². The lowest BCUT2D eigenvalue weighted by Gasteiger charge is -2.46. The lowest BCUT2D eigenvalue weighted by molar-refractivity contribution is -0.362. The largest absolute Gasteiger partial charge is 0.394 e. The van der Waals surface area contributed by atoms with Crippen LogP contribution in [-0.4, -0.2) is 163 Å². The Morgan fingerprint density at radius 2 is 1.09 bits per heavy atom. The monoisotopic (exact) mass is 502 g/mol. The highest BCUT2D eigenvalue weighted by Gasteiger charge is 2.51. The predicted octanol–water partition coefficient (Wildman–Crippen LogP) is -6.50. The van der Waals surface area contributed by atoms with E-state index in [1.165, 1.54) is 6.92 Å². The molecule has 0 bridgehead atoms. The first-order valence-corrected chi connectivity index (χ1v) is 10.9. The zero-order valence-corrected chi connectivity index (χ0v) is 18.3. The molecule has 6 unspecified atom stereocenters. The van der Waals surface area contributed by atoms with E-state index in [9.17, 15) is 51.1 Å². The first-order chi connectivity index (χ1) is 16.0. The van der Waals surface area contributed by atoms with Crippen molar-refractivity contribution in [3.63, 3.8) is 0 Å². The molecule has 34 heavy (non-hydrogen) atoms. The Balaban J connectivity index is 1.63. The minimum Gasteiger partial charge on any atom is -0.394 e. The lowest BCUT2D eigenvalue weighted by atomic mass is 9.96. The van der Waals surface area contributed by atoms with Crippen molar-refractivity contribution in [3.8, 4) is 0 Å². The van der Waals surface area contributed by atoms with E-state index in [4.69, 9.17) is 23.7 Å². The summed E-state index contributed by atoms with van der Waals surface area (Å²) in [5.41, 5.74) is 0. The van der Waals surface area contributed by atoms with E-state index in [0.717, 1.165) is 0 Å². The molecule has 0 aromatic heterocycles. The summed E-state index contributed by atoms with van der Waals surface area (Å²) in [6.45, 7) is -0.391. The molecule has 0 aromatic carbocycles. The predicted molar refractivity (Wildman–Crippen MR) is 105 cm³/mol. The van der Waals surface area contributed by atoms with Crippen LogP contribution < -0.4 is 0 Å². The highest BCUT2D eigenvalue weighted by Crippen LogP contribution is 2.30. The number of aliphatic hydroxyl groups is 10. The third-order valence-electron chi connectivity index (χ3n) is 6.34. The van der Waals surface area contributed by atoms with Gasteiger partial charge in [-0.2, -0.15) is 0 Å². The molecule has 0 amide bonds. The third kappa shape index (κ3) is 5.54. The molecule has 10 N–H and O–H groups in total. The van der Waals surface area contributed by atoms with Crippen LogP contribution in [0.15, 0.2) is 0 Å². The standard InChI is InChI=1S/C19H34O15/c1-5-9(22)12(25)11(24)8(31-5)4-30-18-16(29)14(27)17(7(3-21)33-18)34-19-15(28)13(26)10(23)6(2-20)32-19/h5-29H,2-4H2,1H3/t5-,6?,7?,8?,9?,10-,11-,12+,13-,14+,15?,16?,17-,18+,19-/m0/s1. The van der Waals surface area contributed by atoms with Crippen molar-refractivity contribution in [2.24, 2.45) is 0 Å². The number of ether oxygens (including phenoxy) is 5. The molecule has 15 atom stereocenters. The Morgan fingerprint density at radius 1 is 0.559 bits per heavy atom. The van der Waals surface area contributed by atoms with E-state index >= 15 is 0 Å². The molecule has 200 valence electrons. The molecule has 3 saturated heterocycles. The van der Waals surface area contributed by atoms with Crippen molar-refractivity contribution in [2.75, 3.05) is 19.8 Å². The van der Waals surface area contributed by atoms with Crippen molar-refractivity contribution in [3.05, 3.63) is 0 Å². The molecule has 3 fully saturated rings. The fraction of sp³-hybridized carbons (Fsp3) is 1.00. The van der Waals surface area contributed by atoms with Gasteiger partial charge in [-0.1, -0.05) is 0 Å². The number of rotatable bonds is 7. The normalized spacial score (nSPS) is 52.5. The van der Waals surface area contributed by atoms with E-state index < -0.39 is 112 Å². The maximum atomic E-state index is 10.6. The molecule has 0 saturated carbocycles. The summed E-state index contributed by atoms with van der Waals surface area (Å²) in [5, 5.41) is 99.7. The second-order valence-corrected chi connectivity index (χ2v) is 8.69. The van der Waals surface area contributed by atoms with E-state index in [1.54, 1.807) is 0 Å². The molecule has 0 radical (unpaired) electrons. The molecule has 0 aromatic rings. The van der Waals surface area contributed by atoms with Crippen LogP contribution in [0, 0.1) is 0 Å². The summed E-state index contributed by atoms with van der Waals surface area (Å²) in [4.78, 5) is 0. The van der Waals surface area contributed by atoms with Crippen LogP contribution in [0.5, 0.6) is 0 Å². The van der Waals surface area contributed by atoms with Gasteiger partial charge in [0.1, 0.15) is 73.2 Å². The maximum Gasteiger partial charge on any atom is 0.187 e. The summed E-state index contributed by atoms with van der Waals surface area (Å²) in [6, 6.07) is 0. The van der Waals surface area contributed by atoms with E-state index in [1.807, 2.05) is 0 Å². The zero-order valence-electron chi connectivity index (χ0n) is 18.3. The highest BCUT2D eigenvalue weighted by molar-refractivity contribution is 4.95. The van der Waals surface area contributed by atoms with Crippen LogP contribution in [0.4, 0.5) is 0 Å². The van der Waals surface area contributed by atoms with Crippen LogP contribution in [0.2, 0.25) is 0 Å². The van der Waals surface area contributed by atoms with Gasteiger partial charge in [-0.25, -0.2) is 0 Å². The van der Waals surface area contributed by atoms with Crippen molar-refractivity contribution in [1.29, 1.82) is 0 Å². The molecule has 0 aliphatic carbocycles. The Morgan fingerprint density at radius 3 is 1.71 bits per heavy atom.